The van der Waals surface area contributed by atoms with Crippen LogP contribution in [0.2, 0.25) is 0 Å². The van der Waals surface area contributed by atoms with Gasteiger partial charge < -0.3 is 25.0 Å². The van der Waals surface area contributed by atoms with Gasteiger partial charge in [-0.1, -0.05) is 87.6 Å². The van der Waals surface area contributed by atoms with Gasteiger partial charge in [-0.15, -0.1) is 0 Å². The zero-order valence-corrected chi connectivity index (χ0v) is 27.5. The highest BCUT2D eigenvalue weighted by molar-refractivity contribution is 5.93. The Morgan fingerprint density at radius 2 is 1.55 bits per heavy atom. The van der Waals surface area contributed by atoms with Gasteiger partial charge in [0.2, 0.25) is 11.8 Å². The van der Waals surface area contributed by atoms with E-state index in [4.69, 9.17) is 9.47 Å². The maximum absolute atomic E-state index is 14.6. The van der Waals surface area contributed by atoms with Gasteiger partial charge in [0.15, 0.2) is 0 Å². The third kappa shape index (κ3) is 12.4. The monoisotopic (exact) mass is 609 g/mol. The van der Waals surface area contributed by atoms with Crippen LogP contribution in [0.1, 0.15) is 94.5 Å². The molecule has 0 heterocycles. The minimum atomic E-state index is -1.04. The standard InChI is InChI=1S/C35H51N3O6/c1-8-9-10-11-12-16-21-38(31(32(40)36-24-30(39)43-7)28-20-19-25(2)26(3)22-28)33(41)29(23-27-17-14-13-15-18-27)37-34(42)44-35(4,5)6/h13-15,17-20,22,29,31H,8-12,16,21,23-24H2,1-7H3,(H,36,40)(H,37,42). The minimum Gasteiger partial charge on any atom is -0.468 e. The molecule has 3 amide bonds. The van der Waals surface area contributed by atoms with Gasteiger partial charge >= 0.3 is 12.1 Å². The molecule has 0 spiro atoms. The van der Waals surface area contributed by atoms with E-state index >= 15 is 0 Å². The molecule has 44 heavy (non-hydrogen) atoms. The fourth-order valence-electron chi connectivity index (χ4n) is 4.86. The molecular weight excluding hydrogens is 558 g/mol. The molecule has 0 aliphatic carbocycles. The number of hydrogen-bond donors (Lipinski definition) is 2. The Hall–Kier alpha value is -3.88. The summed E-state index contributed by atoms with van der Waals surface area (Å²) in [6, 6.07) is 13.0. The van der Waals surface area contributed by atoms with E-state index in [0.717, 1.165) is 48.8 Å². The Morgan fingerprint density at radius 1 is 0.886 bits per heavy atom. The highest BCUT2D eigenvalue weighted by Gasteiger charge is 2.36. The Morgan fingerprint density at radius 3 is 2.16 bits per heavy atom. The topological polar surface area (TPSA) is 114 Å². The van der Waals surface area contributed by atoms with Crippen molar-refractivity contribution in [2.24, 2.45) is 0 Å². The van der Waals surface area contributed by atoms with Gasteiger partial charge in [0.1, 0.15) is 24.2 Å². The van der Waals surface area contributed by atoms with Crippen LogP contribution in [-0.4, -0.2) is 60.6 Å². The quantitative estimate of drug-likeness (QED) is 0.179. The number of rotatable bonds is 16. The van der Waals surface area contributed by atoms with Gasteiger partial charge in [0, 0.05) is 13.0 Å². The van der Waals surface area contributed by atoms with E-state index in [9.17, 15) is 19.2 Å². The number of methoxy groups -OCH3 is 1. The number of benzene rings is 2. The molecule has 2 unspecified atom stereocenters. The van der Waals surface area contributed by atoms with E-state index in [1.165, 1.54) is 7.11 Å². The third-order valence-corrected chi connectivity index (χ3v) is 7.35. The predicted octanol–water partition coefficient (Wildman–Crippen LogP) is 5.96. The molecule has 9 heteroatoms. The molecule has 2 aromatic carbocycles. The summed E-state index contributed by atoms with van der Waals surface area (Å²) in [7, 11) is 1.25. The van der Waals surface area contributed by atoms with Gasteiger partial charge in [-0.2, -0.15) is 0 Å². The van der Waals surface area contributed by atoms with Crippen molar-refractivity contribution in [1.29, 1.82) is 0 Å². The van der Waals surface area contributed by atoms with Crippen LogP contribution in [0.3, 0.4) is 0 Å². The van der Waals surface area contributed by atoms with Crippen molar-refractivity contribution in [3.05, 3.63) is 70.8 Å². The molecule has 0 aliphatic heterocycles. The fraction of sp³-hybridized carbons (Fsp3) is 0.543. The predicted molar refractivity (Wildman–Crippen MR) is 172 cm³/mol. The Balaban J connectivity index is 2.55. The number of aryl methyl sites for hydroxylation is 2. The summed E-state index contributed by atoms with van der Waals surface area (Å²) < 4.78 is 10.3. The van der Waals surface area contributed by atoms with Crippen molar-refractivity contribution in [2.45, 2.75) is 104 Å². The summed E-state index contributed by atoms with van der Waals surface area (Å²) in [4.78, 5) is 54.9. The highest BCUT2D eigenvalue weighted by Crippen LogP contribution is 2.26. The van der Waals surface area contributed by atoms with Crippen LogP contribution in [0.4, 0.5) is 4.79 Å². The zero-order valence-electron chi connectivity index (χ0n) is 27.5. The summed E-state index contributed by atoms with van der Waals surface area (Å²) in [6.07, 6.45) is 5.42. The average molecular weight is 610 g/mol. The molecule has 0 saturated carbocycles. The number of nitrogens with zero attached hydrogens (tertiary/aromatic N) is 1. The van der Waals surface area contributed by atoms with Crippen LogP contribution < -0.4 is 10.6 Å². The van der Waals surface area contributed by atoms with Crippen molar-refractivity contribution < 1.29 is 28.7 Å². The van der Waals surface area contributed by atoms with Gasteiger partial charge in [-0.25, -0.2) is 4.79 Å². The number of carbonyl (C=O) groups is 4. The van der Waals surface area contributed by atoms with Crippen molar-refractivity contribution in [3.63, 3.8) is 0 Å². The first-order valence-corrected chi connectivity index (χ1v) is 15.6. The Kier molecular flexibility index (Phi) is 14.9. The van der Waals surface area contributed by atoms with Gasteiger partial charge in [0.25, 0.3) is 0 Å². The summed E-state index contributed by atoms with van der Waals surface area (Å²) in [5, 5.41) is 5.45. The molecule has 2 rings (SSSR count). The molecule has 0 radical (unpaired) electrons. The van der Waals surface area contributed by atoms with Crippen molar-refractivity contribution >= 4 is 23.9 Å². The second kappa shape index (κ2) is 18.0. The molecule has 0 saturated heterocycles. The lowest BCUT2D eigenvalue weighted by Crippen LogP contribution is -2.54. The lowest BCUT2D eigenvalue weighted by Gasteiger charge is -2.35. The van der Waals surface area contributed by atoms with Crippen LogP contribution in [0.15, 0.2) is 48.5 Å². The second-order valence-corrected chi connectivity index (χ2v) is 12.2. The number of unbranched alkanes of at least 4 members (excludes halogenated alkanes) is 5. The molecule has 2 N–H and O–H groups in total. The van der Waals surface area contributed by atoms with Crippen LogP contribution in [0.5, 0.6) is 0 Å². The number of ether oxygens (including phenoxy) is 2. The van der Waals surface area contributed by atoms with E-state index in [-0.39, 0.29) is 19.5 Å². The summed E-state index contributed by atoms with van der Waals surface area (Å²) >= 11 is 0. The van der Waals surface area contributed by atoms with Gasteiger partial charge in [0.05, 0.1) is 7.11 Å². The third-order valence-electron chi connectivity index (χ3n) is 7.35. The SMILES string of the molecule is CCCCCCCCN(C(=O)C(Cc1ccccc1)NC(=O)OC(C)(C)C)C(C(=O)NCC(=O)OC)c1ccc(C)c(C)c1. The first-order chi connectivity index (χ1) is 20.9. The first kappa shape index (κ1) is 36.3. The molecule has 0 aromatic heterocycles. The number of esters is 1. The molecule has 9 nitrogen and oxygen atoms in total. The number of hydrogen-bond acceptors (Lipinski definition) is 6. The van der Waals surface area contributed by atoms with Crippen molar-refractivity contribution in [1.82, 2.24) is 15.5 Å². The fourth-order valence-corrected chi connectivity index (χ4v) is 4.86. The van der Waals surface area contributed by atoms with Crippen LogP contribution in [0, 0.1) is 13.8 Å². The molecule has 2 atom stereocenters. The molecule has 242 valence electrons. The number of nitrogens with one attached hydrogen (secondary N) is 2. The first-order valence-electron chi connectivity index (χ1n) is 15.6. The van der Waals surface area contributed by atoms with Crippen LogP contribution >= 0.6 is 0 Å². The molecular formula is C35H51N3O6. The van der Waals surface area contributed by atoms with Crippen molar-refractivity contribution in [3.8, 4) is 0 Å². The Bertz CT molecular complexity index is 1220. The molecule has 0 aliphatic rings. The highest BCUT2D eigenvalue weighted by atomic mass is 16.6. The number of alkyl carbamates (subject to hydrolysis) is 1. The lowest BCUT2D eigenvalue weighted by atomic mass is 9.97. The Labute approximate surface area is 263 Å². The van der Waals surface area contributed by atoms with E-state index in [1.54, 1.807) is 25.7 Å². The van der Waals surface area contributed by atoms with Gasteiger partial charge in [-0.3, -0.25) is 14.4 Å². The smallest absolute Gasteiger partial charge is 0.408 e. The minimum absolute atomic E-state index is 0.204. The molecule has 0 fully saturated rings. The summed E-state index contributed by atoms with van der Waals surface area (Å²) in [6.45, 7) is 11.3. The maximum Gasteiger partial charge on any atom is 0.408 e. The normalized spacial score (nSPS) is 12.5. The maximum atomic E-state index is 14.6. The van der Waals surface area contributed by atoms with Crippen molar-refractivity contribution in [2.75, 3.05) is 20.2 Å². The average Bonchev–Trinajstić information content (AvgIpc) is 2.97. The van der Waals surface area contributed by atoms with E-state index in [0.29, 0.717) is 12.0 Å². The number of amides is 3. The second-order valence-electron chi connectivity index (χ2n) is 12.2. The van der Waals surface area contributed by atoms with E-state index in [1.807, 2.05) is 62.4 Å². The molecule has 2 aromatic rings. The van der Waals surface area contributed by atoms with E-state index < -0.39 is 41.6 Å². The summed E-state index contributed by atoms with van der Waals surface area (Å²) in [5.74, 6) is -1.52. The van der Waals surface area contributed by atoms with Gasteiger partial charge in [-0.05, 0) is 63.3 Å². The van der Waals surface area contributed by atoms with Crippen LogP contribution in [-0.2, 0) is 30.3 Å². The van der Waals surface area contributed by atoms with Crippen LogP contribution in [0.25, 0.3) is 0 Å². The lowest BCUT2D eigenvalue weighted by molar-refractivity contribution is -0.144. The largest absolute Gasteiger partial charge is 0.468 e. The summed E-state index contributed by atoms with van der Waals surface area (Å²) in [5.41, 5.74) is 2.71. The zero-order chi connectivity index (χ0) is 32.7. The van der Waals surface area contributed by atoms with E-state index in [2.05, 4.69) is 17.6 Å². The molecule has 0 bridgehead atoms. The number of carbonyl (C=O) groups excluding carboxylic acids is 4.